The van der Waals surface area contributed by atoms with Gasteiger partial charge in [-0.25, -0.2) is 0 Å². The van der Waals surface area contributed by atoms with E-state index < -0.39 is 27.7 Å². The number of nitriles is 1. The molecule has 23 heteroatoms. The van der Waals surface area contributed by atoms with Gasteiger partial charge in [0.15, 0.2) is 0 Å². The number of halogens is 12. The number of carbonyl (C=O) groups excluding carboxylic acids is 2. The first-order chi connectivity index (χ1) is 19.6. The van der Waals surface area contributed by atoms with Gasteiger partial charge >= 0.3 is 73.1 Å². The summed E-state index contributed by atoms with van der Waals surface area (Å²) in [5.41, 5.74) is 2.17. The molecule has 2 aromatic carbocycles. The van der Waals surface area contributed by atoms with Crippen LogP contribution in [0.5, 0.6) is 0 Å². The maximum absolute atomic E-state index is 13.2. The van der Waals surface area contributed by atoms with Gasteiger partial charge in [-0.05, 0) is 37.3 Å². The Bertz CT molecular complexity index is 1380. The van der Waals surface area contributed by atoms with Crippen LogP contribution in [0.25, 0.3) is 0 Å². The fourth-order valence-electron chi connectivity index (χ4n) is 3.39. The van der Waals surface area contributed by atoms with Gasteiger partial charge in [0.1, 0.15) is 5.69 Å². The molecule has 0 fully saturated rings. The summed E-state index contributed by atoms with van der Waals surface area (Å²) in [5.74, 6) is -0.703. The molecule has 1 aromatic heterocycles. The van der Waals surface area contributed by atoms with Crippen molar-refractivity contribution in [1.29, 1.82) is 5.26 Å². The number of fused-ring (bicyclic) bond motifs is 1. The van der Waals surface area contributed by atoms with Crippen LogP contribution in [0.2, 0.25) is 0 Å². The SMILES string of the molecule is CC1Cn2ncc(C(=O)Nc3cccc(C#N)c3)c2C(=O)N1c1ccccc1.F[B-](F)(F)F.F[B-](F)(F)F.F[B-](F)(F)F.[H-].[K+]. The predicted octanol–water partition coefficient (Wildman–Crippen LogP) is 4.07. The van der Waals surface area contributed by atoms with E-state index >= 15 is 0 Å². The first-order valence-electron chi connectivity index (χ1n) is 11.5. The molecule has 1 aliphatic heterocycles. The summed E-state index contributed by atoms with van der Waals surface area (Å²) < 4.78 is 119. The van der Waals surface area contributed by atoms with Crippen LogP contribution in [-0.2, 0) is 6.54 Å². The third-order valence-electron chi connectivity index (χ3n) is 4.67. The van der Waals surface area contributed by atoms with Crippen molar-refractivity contribution < 1.29 is 114 Å². The van der Waals surface area contributed by atoms with Crippen LogP contribution in [0.3, 0.4) is 0 Å². The minimum Gasteiger partial charge on any atom is -1.00 e. The Morgan fingerprint density at radius 3 is 1.89 bits per heavy atom. The van der Waals surface area contributed by atoms with Gasteiger partial charge in [0, 0.05) is 11.4 Å². The maximum Gasteiger partial charge on any atom is 1.00 e. The fraction of sp³-hybridized carbons (Fsp3) is 0.143. The van der Waals surface area contributed by atoms with Crippen molar-refractivity contribution >= 4 is 45.0 Å². The fourth-order valence-corrected chi connectivity index (χ4v) is 3.39. The summed E-state index contributed by atoms with van der Waals surface area (Å²) in [6.45, 7) is 2.44. The molecule has 44 heavy (non-hydrogen) atoms. The zero-order valence-electron chi connectivity index (χ0n) is 23.4. The van der Waals surface area contributed by atoms with Gasteiger partial charge < -0.3 is 63.4 Å². The molecular weight excluding hydrogens is 654 g/mol. The third kappa shape index (κ3) is 16.8. The predicted molar refractivity (Wildman–Crippen MR) is 136 cm³/mol. The van der Waals surface area contributed by atoms with Gasteiger partial charge in [-0.1, -0.05) is 24.3 Å². The number of hydrogen-bond donors (Lipinski definition) is 1. The minimum atomic E-state index is -6.00. The summed E-state index contributed by atoms with van der Waals surface area (Å²) in [6, 6.07) is 17.9. The zero-order chi connectivity index (χ0) is 33.2. The van der Waals surface area contributed by atoms with Crippen molar-refractivity contribution in [1.82, 2.24) is 9.78 Å². The Hall–Kier alpha value is -2.93. The molecule has 0 saturated heterocycles. The van der Waals surface area contributed by atoms with Gasteiger partial charge in [0.25, 0.3) is 11.8 Å². The Labute approximate surface area is 285 Å². The monoisotopic (exact) mass is 672 g/mol. The van der Waals surface area contributed by atoms with E-state index in [1.54, 1.807) is 33.8 Å². The number of carbonyl (C=O) groups is 2. The first-order valence-corrected chi connectivity index (χ1v) is 11.5. The summed E-state index contributed by atoms with van der Waals surface area (Å²) in [4.78, 5) is 27.7. The number of nitrogens with zero attached hydrogens (tertiary/aromatic N) is 4. The standard InChI is InChI=1S/C21H17N5O2.3BF4.K.H/c1-14-13-25-19(21(28)26(14)17-8-3-2-4-9-17)18(12-23-25)20(27)24-16-7-5-6-15(10-16)11-22;3*2-1(3,4)5;;/h2-10,12,14H,13H2,1H3,(H,24,27);;;;;/q;3*-1;+1;-1. The van der Waals surface area contributed by atoms with Crippen LogP contribution in [0.4, 0.5) is 63.2 Å². The number of rotatable bonds is 3. The van der Waals surface area contributed by atoms with Crippen LogP contribution < -0.4 is 61.6 Å². The second kappa shape index (κ2) is 17.5. The molecule has 236 valence electrons. The van der Waals surface area contributed by atoms with Crippen molar-refractivity contribution in [2.75, 3.05) is 10.2 Å². The number of hydrogen-bond acceptors (Lipinski definition) is 4. The average molecular weight is 672 g/mol. The summed E-state index contributed by atoms with van der Waals surface area (Å²) >= 11 is 0. The average Bonchev–Trinajstić information content (AvgIpc) is 3.26. The molecule has 4 rings (SSSR count). The normalized spacial score (nSPS) is 14.0. The molecule has 7 nitrogen and oxygen atoms in total. The molecule has 2 heterocycles. The van der Waals surface area contributed by atoms with Crippen LogP contribution in [-0.4, -0.2) is 49.4 Å². The summed E-state index contributed by atoms with van der Waals surface area (Å²) in [5, 5.41) is 16.0. The molecule has 0 saturated carbocycles. The molecule has 1 N–H and O–H groups in total. The Morgan fingerprint density at radius 1 is 0.909 bits per heavy atom. The number of para-hydroxylation sites is 1. The van der Waals surface area contributed by atoms with Gasteiger partial charge in [-0.2, -0.15) is 10.4 Å². The van der Waals surface area contributed by atoms with E-state index in [0.29, 0.717) is 17.8 Å². The second-order valence-electron chi connectivity index (χ2n) is 8.08. The maximum atomic E-state index is 13.2. The topological polar surface area (TPSA) is 91.0 Å². The number of benzene rings is 2. The van der Waals surface area contributed by atoms with E-state index in [1.807, 2.05) is 43.3 Å². The van der Waals surface area contributed by atoms with Crippen molar-refractivity contribution in [3.63, 3.8) is 0 Å². The Morgan fingerprint density at radius 2 is 1.41 bits per heavy atom. The number of amides is 2. The van der Waals surface area contributed by atoms with E-state index in [1.165, 1.54) is 6.20 Å². The number of anilines is 2. The quantitative estimate of drug-likeness (QED) is 0.336. The number of nitrogens with one attached hydrogen (secondary N) is 1. The molecule has 2 amide bonds. The van der Waals surface area contributed by atoms with Crippen molar-refractivity contribution in [3.8, 4) is 6.07 Å². The van der Waals surface area contributed by atoms with Gasteiger partial charge in [0.2, 0.25) is 0 Å². The summed E-state index contributed by atoms with van der Waals surface area (Å²) in [6.07, 6.45) is 1.41. The van der Waals surface area contributed by atoms with Crippen molar-refractivity contribution in [2.24, 2.45) is 0 Å². The van der Waals surface area contributed by atoms with E-state index in [2.05, 4.69) is 10.4 Å². The molecule has 0 bridgehead atoms. The van der Waals surface area contributed by atoms with Crippen molar-refractivity contribution in [3.05, 3.63) is 77.6 Å². The Balaban J connectivity index is 0. The van der Waals surface area contributed by atoms with Crippen LogP contribution >= 0.6 is 0 Å². The second-order valence-corrected chi connectivity index (χ2v) is 8.08. The molecule has 0 spiro atoms. The van der Waals surface area contributed by atoms with Crippen LogP contribution in [0.1, 0.15) is 34.8 Å². The van der Waals surface area contributed by atoms with Crippen molar-refractivity contribution in [2.45, 2.75) is 19.5 Å². The third-order valence-corrected chi connectivity index (χ3v) is 4.67. The van der Waals surface area contributed by atoms with Gasteiger partial charge in [0.05, 0.1) is 36.0 Å². The molecule has 0 aliphatic carbocycles. The van der Waals surface area contributed by atoms with Crippen LogP contribution in [0.15, 0.2) is 60.8 Å². The van der Waals surface area contributed by atoms with E-state index in [0.717, 1.165) is 5.69 Å². The van der Waals surface area contributed by atoms with Gasteiger partial charge in [-0.15, -0.1) is 0 Å². The molecule has 1 atom stereocenters. The number of aromatic nitrogens is 2. The molecule has 0 radical (unpaired) electrons. The molecular formula is C21H18B3F12KN5O2-3. The van der Waals surface area contributed by atoms with Gasteiger partial charge in [-0.3, -0.25) is 14.3 Å². The smallest absolute Gasteiger partial charge is 1.00 e. The minimum absolute atomic E-state index is 0. The first kappa shape index (κ1) is 41.1. The zero-order valence-corrected chi connectivity index (χ0v) is 25.6. The molecule has 1 aliphatic rings. The summed E-state index contributed by atoms with van der Waals surface area (Å²) in [7, 11) is -18.0. The van der Waals surface area contributed by atoms with E-state index in [4.69, 9.17) is 5.26 Å². The van der Waals surface area contributed by atoms with Crippen LogP contribution in [0, 0.1) is 11.3 Å². The Kier molecular flexibility index (Phi) is 16.4. The largest absolute Gasteiger partial charge is 1.00 e. The molecule has 3 aromatic rings. The van der Waals surface area contributed by atoms with E-state index in [9.17, 15) is 61.4 Å². The molecule has 1 unspecified atom stereocenters. The van der Waals surface area contributed by atoms with E-state index in [-0.39, 0.29) is 76.0 Å².